The molecular formula is C7H14F3NO. The first-order valence-electron chi connectivity index (χ1n) is 3.77. The van der Waals surface area contributed by atoms with Gasteiger partial charge in [0.1, 0.15) is 0 Å². The highest BCUT2D eigenvalue weighted by molar-refractivity contribution is 4.68. The third kappa shape index (κ3) is 6.42. The van der Waals surface area contributed by atoms with Crippen LogP contribution in [0.5, 0.6) is 0 Å². The topological polar surface area (TPSA) is 32.3 Å². The van der Waals surface area contributed by atoms with E-state index in [0.717, 1.165) is 0 Å². The number of aliphatic hydroxyl groups excluding tert-OH is 1. The number of hydrogen-bond acceptors (Lipinski definition) is 2. The summed E-state index contributed by atoms with van der Waals surface area (Å²) < 4.78 is 35.0. The molecule has 2 atom stereocenters. The number of alkyl halides is 3. The Kier molecular flexibility index (Phi) is 4.55. The molecule has 0 saturated carbocycles. The van der Waals surface area contributed by atoms with Gasteiger partial charge in [0, 0.05) is 6.04 Å². The summed E-state index contributed by atoms with van der Waals surface area (Å²) in [5, 5.41) is 11.7. The fourth-order valence-corrected chi connectivity index (χ4v) is 0.876. The Hall–Kier alpha value is -0.290. The van der Waals surface area contributed by atoms with Crippen molar-refractivity contribution in [2.24, 2.45) is 0 Å². The van der Waals surface area contributed by atoms with Crippen LogP contribution in [0.25, 0.3) is 0 Å². The minimum atomic E-state index is -4.27. The molecule has 0 fully saturated rings. The maximum absolute atomic E-state index is 11.7. The third-order valence-electron chi connectivity index (χ3n) is 1.59. The van der Waals surface area contributed by atoms with E-state index in [-0.39, 0.29) is 12.5 Å². The molecule has 0 aromatic carbocycles. The van der Waals surface area contributed by atoms with Crippen LogP contribution < -0.4 is 5.32 Å². The van der Waals surface area contributed by atoms with Crippen LogP contribution in [0.1, 0.15) is 19.8 Å². The second kappa shape index (κ2) is 4.67. The largest absolute Gasteiger partial charge is 0.393 e. The fraction of sp³-hybridized carbons (Fsp3) is 1.00. The molecule has 0 aliphatic heterocycles. The monoisotopic (exact) mass is 185 g/mol. The maximum Gasteiger partial charge on any atom is 0.391 e. The quantitative estimate of drug-likeness (QED) is 0.691. The van der Waals surface area contributed by atoms with E-state index < -0.39 is 18.7 Å². The second-order valence-electron chi connectivity index (χ2n) is 2.90. The first-order valence-corrected chi connectivity index (χ1v) is 3.77. The number of nitrogens with one attached hydrogen (secondary N) is 1. The van der Waals surface area contributed by atoms with E-state index in [4.69, 9.17) is 5.11 Å². The normalized spacial score (nSPS) is 17.5. The molecule has 2 N–H and O–H groups in total. The highest BCUT2D eigenvalue weighted by atomic mass is 19.4. The Balaban J connectivity index is 3.66. The van der Waals surface area contributed by atoms with E-state index in [1.807, 2.05) is 0 Å². The maximum atomic E-state index is 11.7. The van der Waals surface area contributed by atoms with Crippen molar-refractivity contribution in [3.8, 4) is 0 Å². The van der Waals surface area contributed by atoms with Crippen molar-refractivity contribution < 1.29 is 18.3 Å². The van der Waals surface area contributed by atoms with Gasteiger partial charge in [-0.05, 0) is 20.4 Å². The van der Waals surface area contributed by atoms with Gasteiger partial charge in [-0.1, -0.05) is 0 Å². The van der Waals surface area contributed by atoms with Gasteiger partial charge in [-0.25, -0.2) is 0 Å². The molecular weight excluding hydrogens is 171 g/mol. The zero-order chi connectivity index (χ0) is 9.78. The van der Waals surface area contributed by atoms with Gasteiger partial charge < -0.3 is 10.4 Å². The summed E-state index contributed by atoms with van der Waals surface area (Å²) in [5.74, 6) is 0. The molecule has 0 rings (SSSR count). The van der Waals surface area contributed by atoms with Crippen molar-refractivity contribution in [3.05, 3.63) is 0 Å². The molecule has 0 saturated heterocycles. The van der Waals surface area contributed by atoms with E-state index >= 15 is 0 Å². The van der Waals surface area contributed by atoms with Crippen molar-refractivity contribution in [1.82, 2.24) is 5.32 Å². The summed E-state index contributed by atoms with van der Waals surface area (Å²) in [6.45, 7) is 1.72. The van der Waals surface area contributed by atoms with E-state index in [1.54, 1.807) is 14.0 Å². The first kappa shape index (κ1) is 11.7. The minimum Gasteiger partial charge on any atom is -0.393 e. The van der Waals surface area contributed by atoms with Gasteiger partial charge in [-0.3, -0.25) is 0 Å². The summed E-state index contributed by atoms with van der Waals surface area (Å²) in [6.07, 6.45) is -6.57. The lowest BCUT2D eigenvalue weighted by Gasteiger charge is -2.16. The molecule has 12 heavy (non-hydrogen) atoms. The molecule has 0 aliphatic rings. The van der Waals surface area contributed by atoms with E-state index in [2.05, 4.69) is 5.32 Å². The molecule has 74 valence electrons. The number of hydrogen-bond donors (Lipinski definition) is 2. The Bertz CT molecular complexity index is 126. The zero-order valence-electron chi connectivity index (χ0n) is 7.15. The average Bonchev–Trinajstić information content (AvgIpc) is 1.82. The lowest BCUT2D eigenvalue weighted by atomic mass is 10.1. The smallest absolute Gasteiger partial charge is 0.391 e. The van der Waals surface area contributed by atoms with Crippen LogP contribution in [0, 0.1) is 0 Å². The SMILES string of the molecule is CNC(C)CC(O)CC(F)(F)F. The van der Waals surface area contributed by atoms with Crippen LogP contribution in [0.3, 0.4) is 0 Å². The van der Waals surface area contributed by atoms with Crippen molar-refractivity contribution in [2.45, 2.75) is 38.1 Å². The van der Waals surface area contributed by atoms with Crippen LogP contribution in [0.2, 0.25) is 0 Å². The molecule has 0 bridgehead atoms. The predicted octanol–water partition coefficient (Wildman–Crippen LogP) is 1.30. The van der Waals surface area contributed by atoms with Gasteiger partial charge in [-0.2, -0.15) is 13.2 Å². The van der Waals surface area contributed by atoms with Crippen LogP contribution in [-0.4, -0.2) is 30.5 Å². The average molecular weight is 185 g/mol. The van der Waals surface area contributed by atoms with Crippen LogP contribution >= 0.6 is 0 Å². The molecule has 0 aromatic heterocycles. The standard InChI is InChI=1S/C7H14F3NO/c1-5(11-2)3-6(12)4-7(8,9)10/h5-6,11-12H,3-4H2,1-2H3. The van der Waals surface area contributed by atoms with Gasteiger partial charge in [0.2, 0.25) is 0 Å². The first-order chi connectivity index (χ1) is 5.35. The highest BCUT2D eigenvalue weighted by Gasteiger charge is 2.31. The van der Waals surface area contributed by atoms with Gasteiger partial charge in [0.15, 0.2) is 0 Å². The predicted molar refractivity (Wildman–Crippen MR) is 39.8 cm³/mol. The highest BCUT2D eigenvalue weighted by Crippen LogP contribution is 2.22. The Morgan fingerprint density at radius 3 is 2.25 bits per heavy atom. The van der Waals surface area contributed by atoms with E-state index in [9.17, 15) is 13.2 Å². The van der Waals surface area contributed by atoms with Crippen LogP contribution in [-0.2, 0) is 0 Å². The molecule has 2 nitrogen and oxygen atoms in total. The Morgan fingerprint density at radius 2 is 1.92 bits per heavy atom. The molecule has 0 spiro atoms. The molecule has 0 heterocycles. The number of rotatable bonds is 4. The molecule has 0 aromatic rings. The molecule has 0 radical (unpaired) electrons. The van der Waals surface area contributed by atoms with E-state index in [1.165, 1.54) is 0 Å². The summed E-state index contributed by atoms with van der Waals surface area (Å²) >= 11 is 0. The minimum absolute atomic E-state index is 0.0950. The Labute approximate surface area is 69.8 Å². The molecule has 2 unspecified atom stereocenters. The summed E-state index contributed by atoms with van der Waals surface area (Å²) in [5.41, 5.74) is 0. The van der Waals surface area contributed by atoms with Crippen molar-refractivity contribution in [3.63, 3.8) is 0 Å². The lowest BCUT2D eigenvalue weighted by molar-refractivity contribution is -0.154. The summed E-state index contributed by atoms with van der Waals surface area (Å²) in [6, 6.07) is -0.0950. The number of aliphatic hydroxyl groups is 1. The van der Waals surface area contributed by atoms with Crippen LogP contribution in [0.15, 0.2) is 0 Å². The molecule has 0 amide bonds. The van der Waals surface area contributed by atoms with Gasteiger partial charge >= 0.3 is 6.18 Å². The van der Waals surface area contributed by atoms with Crippen LogP contribution in [0.4, 0.5) is 13.2 Å². The van der Waals surface area contributed by atoms with Gasteiger partial charge in [0.25, 0.3) is 0 Å². The lowest BCUT2D eigenvalue weighted by Crippen LogP contribution is -2.29. The summed E-state index contributed by atoms with van der Waals surface area (Å²) in [7, 11) is 1.64. The van der Waals surface area contributed by atoms with Crippen molar-refractivity contribution in [1.29, 1.82) is 0 Å². The molecule has 5 heteroatoms. The third-order valence-corrected chi connectivity index (χ3v) is 1.59. The fourth-order valence-electron chi connectivity index (χ4n) is 0.876. The Morgan fingerprint density at radius 1 is 1.42 bits per heavy atom. The van der Waals surface area contributed by atoms with E-state index in [0.29, 0.717) is 0 Å². The summed E-state index contributed by atoms with van der Waals surface area (Å²) in [4.78, 5) is 0. The van der Waals surface area contributed by atoms with Gasteiger partial charge in [0.05, 0.1) is 12.5 Å². The van der Waals surface area contributed by atoms with Crippen molar-refractivity contribution >= 4 is 0 Å². The number of halogens is 3. The zero-order valence-corrected chi connectivity index (χ0v) is 7.15. The molecule has 0 aliphatic carbocycles. The van der Waals surface area contributed by atoms with Gasteiger partial charge in [-0.15, -0.1) is 0 Å². The van der Waals surface area contributed by atoms with Crippen molar-refractivity contribution in [2.75, 3.05) is 7.05 Å². The second-order valence-corrected chi connectivity index (χ2v) is 2.90.